The molecular weight excluding hydrogens is 158 g/mol. The second-order valence-corrected chi connectivity index (χ2v) is 5.29. The van der Waals surface area contributed by atoms with Crippen molar-refractivity contribution < 1.29 is 0 Å². The maximum absolute atomic E-state index is 5.50. The van der Waals surface area contributed by atoms with E-state index in [1.807, 2.05) is 0 Å². The Morgan fingerprint density at radius 3 is 2.77 bits per heavy atom. The largest absolute Gasteiger partial charge is 0.330 e. The molecule has 1 aliphatic carbocycles. The molecule has 0 amide bonds. The fraction of sp³-hybridized carbons (Fsp3) is 0.833. The highest BCUT2D eigenvalue weighted by Gasteiger charge is 2.27. The molecule has 0 spiro atoms. The lowest BCUT2D eigenvalue weighted by Crippen LogP contribution is -2.22. The van der Waals surface area contributed by atoms with Crippen LogP contribution in [0.2, 0.25) is 0 Å². The van der Waals surface area contributed by atoms with Crippen LogP contribution in [0.5, 0.6) is 0 Å². The molecule has 1 saturated carbocycles. The molecule has 0 aromatic carbocycles. The van der Waals surface area contributed by atoms with Crippen LogP contribution in [0.25, 0.3) is 0 Å². The molecule has 1 aliphatic rings. The number of nitrogens with two attached hydrogens (primary N) is 1. The predicted molar refractivity (Wildman–Crippen MR) is 58.6 cm³/mol. The van der Waals surface area contributed by atoms with Gasteiger partial charge in [-0.15, -0.1) is 0 Å². The van der Waals surface area contributed by atoms with E-state index in [1.54, 1.807) is 5.57 Å². The number of hydrogen-bond donors (Lipinski definition) is 1. The molecule has 0 saturated heterocycles. The number of hydrogen-bond acceptors (Lipinski definition) is 1. The summed E-state index contributed by atoms with van der Waals surface area (Å²) >= 11 is 0. The van der Waals surface area contributed by atoms with Gasteiger partial charge in [0.05, 0.1) is 0 Å². The summed E-state index contributed by atoms with van der Waals surface area (Å²) in [6.45, 7) is 7.90. The smallest absolute Gasteiger partial charge is 0.00425 e. The van der Waals surface area contributed by atoms with Gasteiger partial charge in [-0.25, -0.2) is 0 Å². The molecular formula is C12H23N. The van der Waals surface area contributed by atoms with Gasteiger partial charge in [-0.05, 0) is 43.6 Å². The molecule has 1 fully saturated rings. The van der Waals surface area contributed by atoms with Crippen LogP contribution in [0.4, 0.5) is 0 Å². The Balaban J connectivity index is 2.57. The van der Waals surface area contributed by atoms with E-state index in [9.17, 15) is 0 Å². The van der Waals surface area contributed by atoms with Crippen LogP contribution in [0.1, 0.15) is 46.5 Å². The third-order valence-corrected chi connectivity index (χ3v) is 2.82. The first-order valence-electron chi connectivity index (χ1n) is 5.41. The zero-order chi connectivity index (χ0) is 9.90. The highest BCUT2D eigenvalue weighted by atomic mass is 14.5. The first kappa shape index (κ1) is 10.8. The fourth-order valence-electron chi connectivity index (χ4n) is 2.67. The standard InChI is InChI=1S/C12H23N/c1-10-7-11(5-4-6-13)9-12(2,3)8-10/h5,10H,4,6-9,13H2,1-3H3. The van der Waals surface area contributed by atoms with Crippen LogP contribution in [-0.2, 0) is 0 Å². The van der Waals surface area contributed by atoms with Gasteiger partial charge < -0.3 is 5.73 Å². The molecule has 13 heavy (non-hydrogen) atoms. The van der Waals surface area contributed by atoms with Crippen LogP contribution >= 0.6 is 0 Å². The number of rotatable bonds is 2. The zero-order valence-electron chi connectivity index (χ0n) is 9.27. The molecule has 0 radical (unpaired) electrons. The van der Waals surface area contributed by atoms with E-state index in [0.717, 1.165) is 18.9 Å². The molecule has 1 nitrogen and oxygen atoms in total. The van der Waals surface area contributed by atoms with Gasteiger partial charge in [-0.3, -0.25) is 0 Å². The monoisotopic (exact) mass is 181 g/mol. The Hall–Kier alpha value is -0.300. The van der Waals surface area contributed by atoms with Gasteiger partial charge in [-0.2, -0.15) is 0 Å². The van der Waals surface area contributed by atoms with Crippen molar-refractivity contribution in [3.05, 3.63) is 11.6 Å². The molecule has 0 heterocycles. The van der Waals surface area contributed by atoms with Crippen molar-refractivity contribution in [3.63, 3.8) is 0 Å². The van der Waals surface area contributed by atoms with Crippen LogP contribution in [-0.4, -0.2) is 6.54 Å². The van der Waals surface area contributed by atoms with Crippen molar-refractivity contribution in [1.29, 1.82) is 0 Å². The lowest BCUT2D eigenvalue weighted by atomic mass is 9.70. The Bertz CT molecular complexity index is 191. The van der Waals surface area contributed by atoms with Crippen molar-refractivity contribution in [2.45, 2.75) is 46.5 Å². The van der Waals surface area contributed by atoms with Gasteiger partial charge >= 0.3 is 0 Å². The Morgan fingerprint density at radius 1 is 1.54 bits per heavy atom. The van der Waals surface area contributed by atoms with Gasteiger partial charge in [0.25, 0.3) is 0 Å². The minimum atomic E-state index is 0.512. The Kier molecular flexibility index (Phi) is 3.55. The minimum Gasteiger partial charge on any atom is -0.330 e. The molecule has 0 aromatic heterocycles. The summed E-state index contributed by atoms with van der Waals surface area (Å²) in [6, 6.07) is 0. The van der Waals surface area contributed by atoms with Gasteiger partial charge in [0, 0.05) is 0 Å². The third kappa shape index (κ3) is 3.51. The average Bonchev–Trinajstić information content (AvgIpc) is 1.97. The highest BCUT2D eigenvalue weighted by Crippen LogP contribution is 2.41. The molecule has 1 atom stereocenters. The number of allylic oxidation sites excluding steroid dienone is 1. The molecule has 76 valence electrons. The average molecular weight is 181 g/mol. The highest BCUT2D eigenvalue weighted by molar-refractivity contribution is 5.09. The minimum absolute atomic E-state index is 0.512. The molecule has 1 unspecified atom stereocenters. The summed E-state index contributed by atoms with van der Waals surface area (Å²) in [5.41, 5.74) is 7.65. The zero-order valence-corrected chi connectivity index (χ0v) is 9.27. The van der Waals surface area contributed by atoms with E-state index in [0.29, 0.717) is 5.41 Å². The lowest BCUT2D eigenvalue weighted by Gasteiger charge is -2.35. The summed E-state index contributed by atoms with van der Waals surface area (Å²) in [7, 11) is 0. The van der Waals surface area contributed by atoms with E-state index >= 15 is 0 Å². The molecule has 0 bridgehead atoms. The summed E-state index contributed by atoms with van der Waals surface area (Å²) in [6.07, 6.45) is 7.35. The van der Waals surface area contributed by atoms with Crippen LogP contribution in [0.15, 0.2) is 11.6 Å². The second kappa shape index (κ2) is 4.28. The van der Waals surface area contributed by atoms with Crippen LogP contribution in [0.3, 0.4) is 0 Å². The van der Waals surface area contributed by atoms with Gasteiger partial charge in [-0.1, -0.05) is 32.4 Å². The first-order chi connectivity index (χ1) is 6.03. The molecule has 1 heteroatoms. The lowest BCUT2D eigenvalue weighted by molar-refractivity contribution is 0.234. The summed E-state index contributed by atoms with van der Waals surface area (Å²) in [4.78, 5) is 0. The van der Waals surface area contributed by atoms with Crippen molar-refractivity contribution in [1.82, 2.24) is 0 Å². The van der Waals surface area contributed by atoms with Gasteiger partial charge in [0.15, 0.2) is 0 Å². The van der Waals surface area contributed by atoms with E-state index < -0.39 is 0 Å². The predicted octanol–water partition coefficient (Wildman–Crippen LogP) is 3.11. The van der Waals surface area contributed by atoms with E-state index in [4.69, 9.17) is 5.73 Å². The van der Waals surface area contributed by atoms with Crippen LogP contribution in [0, 0.1) is 11.3 Å². The molecule has 0 aromatic rings. The van der Waals surface area contributed by atoms with Crippen molar-refractivity contribution in [2.24, 2.45) is 17.1 Å². The SMILES string of the molecule is CC1CC(=CCCN)CC(C)(C)C1. The van der Waals surface area contributed by atoms with Gasteiger partial charge in [0.1, 0.15) is 0 Å². The third-order valence-electron chi connectivity index (χ3n) is 2.82. The maximum Gasteiger partial charge on any atom is -0.00425 e. The quantitative estimate of drug-likeness (QED) is 0.651. The Labute approximate surface area is 82.4 Å². The maximum atomic E-state index is 5.50. The molecule has 1 rings (SSSR count). The summed E-state index contributed by atoms with van der Waals surface area (Å²) in [5.74, 6) is 0.854. The molecule has 2 N–H and O–H groups in total. The first-order valence-corrected chi connectivity index (χ1v) is 5.41. The fourth-order valence-corrected chi connectivity index (χ4v) is 2.67. The second-order valence-electron chi connectivity index (χ2n) is 5.29. The Morgan fingerprint density at radius 2 is 2.23 bits per heavy atom. The van der Waals surface area contributed by atoms with E-state index in [-0.39, 0.29) is 0 Å². The topological polar surface area (TPSA) is 26.0 Å². The van der Waals surface area contributed by atoms with Gasteiger partial charge in [0.2, 0.25) is 0 Å². The normalized spacial score (nSPS) is 30.8. The molecule has 0 aliphatic heterocycles. The van der Waals surface area contributed by atoms with Crippen molar-refractivity contribution >= 4 is 0 Å². The van der Waals surface area contributed by atoms with E-state index in [2.05, 4.69) is 26.8 Å². The summed E-state index contributed by atoms with van der Waals surface area (Å²) < 4.78 is 0. The van der Waals surface area contributed by atoms with Crippen molar-refractivity contribution in [3.8, 4) is 0 Å². The van der Waals surface area contributed by atoms with E-state index in [1.165, 1.54) is 19.3 Å². The summed E-state index contributed by atoms with van der Waals surface area (Å²) in [5, 5.41) is 0. The van der Waals surface area contributed by atoms with Crippen LogP contribution < -0.4 is 5.73 Å². The van der Waals surface area contributed by atoms with Crippen molar-refractivity contribution in [2.75, 3.05) is 6.54 Å².